The highest BCUT2D eigenvalue weighted by Crippen LogP contribution is 2.20. The van der Waals surface area contributed by atoms with Gasteiger partial charge in [0.05, 0.1) is 18.6 Å². The Balaban J connectivity index is 1.80. The number of carbonyl (C=O) groups excluding carboxylic acids is 2. The van der Waals surface area contributed by atoms with Gasteiger partial charge in [0.15, 0.2) is 0 Å². The van der Waals surface area contributed by atoms with Crippen molar-refractivity contribution in [3.8, 4) is 5.75 Å². The van der Waals surface area contributed by atoms with E-state index < -0.39 is 22.0 Å². The molecular formula is C27H37N3O5S. The summed E-state index contributed by atoms with van der Waals surface area (Å²) in [5.41, 5.74) is 1.72. The third-order valence-corrected chi connectivity index (χ3v) is 8.51. The maximum atomic E-state index is 13.5. The van der Waals surface area contributed by atoms with E-state index >= 15 is 0 Å². The summed E-state index contributed by atoms with van der Waals surface area (Å²) < 4.78 is 32.5. The van der Waals surface area contributed by atoms with E-state index in [4.69, 9.17) is 4.74 Å². The van der Waals surface area contributed by atoms with Gasteiger partial charge in [0, 0.05) is 19.6 Å². The molecule has 0 spiro atoms. The van der Waals surface area contributed by atoms with Crippen molar-refractivity contribution in [2.75, 3.05) is 20.7 Å². The molecule has 0 saturated heterocycles. The van der Waals surface area contributed by atoms with Crippen LogP contribution in [-0.2, 0) is 26.2 Å². The Morgan fingerprint density at radius 2 is 1.75 bits per heavy atom. The SMILES string of the molecule is COc1cccc(CN(C(=O)CN(C)S(=O)(=O)c2ccc(C)cc2)[C@H](C)C(=O)NC2CCCCC2)c1. The fourth-order valence-corrected chi connectivity index (χ4v) is 5.50. The predicted molar refractivity (Wildman–Crippen MR) is 139 cm³/mol. The number of amides is 2. The van der Waals surface area contributed by atoms with Gasteiger partial charge in [0.2, 0.25) is 21.8 Å². The van der Waals surface area contributed by atoms with Crippen molar-refractivity contribution in [3.63, 3.8) is 0 Å². The van der Waals surface area contributed by atoms with Gasteiger partial charge in [0.25, 0.3) is 0 Å². The summed E-state index contributed by atoms with van der Waals surface area (Å²) in [6.45, 7) is 3.32. The monoisotopic (exact) mass is 515 g/mol. The average Bonchev–Trinajstić information content (AvgIpc) is 2.87. The number of methoxy groups -OCH3 is 1. The summed E-state index contributed by atoms with van der Waals surface area (Å²) in [5.74, 6) is -0.0530. The number of rotatable bonds is 10. The maximum absolute atomic E-state index is 13.5. The van der Waals surface area contributed by atoms with Crippen LogP contribution >= 0.6 is 0 Å². The molecule has 0 unspecified atom stereocenters. The molecule has 1 N–H and O–H groups in total. The van der Waals surface area contributed by atoms with Crippen LogP contribution in [0.1, 0.15) is 50.2 Å². The van der Waals surface area contributed by atoms with Crippen LogP contribution in [0.2, 0.25) is 0 Å². The third-order valence-electron chi connectivity index (χ3n) is 6.69. The summed E-state index contributed by atoms with van der Waals surface area (Å²) >= 11 is 0. The summed E-state index contributed by atoms with van der Waals surface area (Å²) in [6, 6.07) is 13.1. The first-order chi connectivity index (χ1) is 17.1. The summed E-state index contributed by atoms with van der Waals surface area (Å²) in [6.07, 6.45) is 5.19. The number of sulfonamides is 1. The van der Waals surface area contributed by atoms with Crippen LogP contribution in [0.5, 0.6) is 5.75 Å². The molecule has 1 saturated carbocycles. The molecule has 1 aliphatic carbocycles. The normalized spacial score (nSPS) is 15.4. The highest BCUT2D eigenvalue weighted by atomic mass is 32.2. The second-order valence-corrected chi connectivity index (χ2v) is 11.5. The summed E-state index contributed by atoms with van der Waals surface area (Å²) in [4.78, 5) is 28.2. The molecule has 196 valence electrons. The van der Waals surface area contributed by atoms with E-state index in [1.165, 1.54) is 30.5 Å². The molecule has 1 aliphatic rings. The van der Waals surface area contributed by atoms with Crippen LogP contribution in [0.25, 0.3) is 0 Å². The number of likely N-dealkylation sites (N-methyl/N-ethyl adjacent to an activating group) is 1. The lowest BCUT2D eigenvalue weighted by atomic mass is 9.95. The van der Waals surface area contributed by atoms with E-state index in [2.05, 4.69) is 5.32 Å². The smallest absolute Gasteiger partial charge is 0.243 e. The lowest BCUT2D eigenvalue weighted by Crippen LogP contribution is -2.52. The van der Waals surface area contributed by atoms with Crippen molar-refractivity contribution in [2.45, 2.75) is 69.5 Å². The van der Waals surface area contributed by atoms with Gasteiger partial charge in [0.1, 0.15) is 11.8 Å². The van der Waals surface area contributed by atoms with Gasteiger partial charge in [-0.05, 0) is 56.5 Å². The maximum Gasteiger partial charge on any atom is 0.243 e. The molecule has 2 aromatic carbocycles. The first-order valence-corrected chi connectivity index (χ1v) is 13.8. The van der Waals surface area contributed by atoms with Crippen molar-refractivity contribution in [2.24, 2.45) is 0 Å². The average molecular weight is 516 g/mol. The molecule has 0 aliphatic heterocycles. The Labute approximate surface area is 214 Å². The number of aryl methyl sites for hydroxylation is 1. The first-order valence-electron chi connectivity index (χ1n) is 12.4. The van der Waals surface area contributed by atoms with Gasteiger partial charge in [-0.15, -0.1) is 0 Å². The minimum Gasteiger partial charge on any atom is -0.497 e. The van der Waals surface area contributed by atoms with Crippen molar-refractivity contribution >= 4 is 21.8 Å². The van der Waals surface area contributed by atoms with Crippen molar-refractivity contribution in [1.82, 2.24) is 14.5 Å². The Morgan fingerprint density at radius 1 is 1.08 bits per heavy atom. The fraction of sp³-hybridized carbons (Fsp3) is 0.481. The predicted octanol–water partition coefficient (Wildman–Crippen LogP) is 3.49. The lowest BCUT2D eigenvalue weighted by molar-refractivity contribution is -0.141. The summed E-state index contributed by atoms with van der Waals surface area (Å²) in [5, 5.41) is 3.09. The number of nitrogens with one attached hydrogen (secondary N) is 1. The van der Waals surface area contributed by atoms with Crippen LogP contribution < -0.4 is 10.1 Å². The van der Waals surface area contributed by atoms with Crippen LogP contribution in [0, 0.1) is 6.92 Å². The molecule has 1 fully saturated rings. The standard InChI is InChI=1S/C27H37N3O5S/c1-20-13-15-25(16-14-20)36(33,34)29(3)19-26(31)30(18-22-9-8-12-24(17-22)35-4)21(2)27(32)28-23-10-6-5-7-11-23/h8-9,12-17,21,23H,5-7,10-11,18-19H2,1-4H3,(H,28,32)/t21-/m1/s1. The van der Waals surface area contributed by atoms with Gasteiger partial charge >= 0.3 is 0 Å². The van der Waals surface area contributed by atoms with Gasteiger partial charge < -0.3 is 15.0 Å². The minimum absolute atomic E-state index is 0.104. The van der Waals surface area contributed by atoms with Crippen molar-refractivity contribution < 1.29 is 22.7 Å². The highest BCUT2D eigenvalue weighted by molar-refractivity contribution is 7.89. The Kier molecular flexibility index (Phi) is 9.50. The van der Waals surface area contributed by atoms with Gasteiger partial charge in [-0.25, -0.2) is 8.42 Å². The van der Waals surface area contributed by atoms with E-state index in [0.717, 1.165) is 41.1 Å². The number of nitrogens with zero attached hydrogens (tertiary/aromatic N) is 2. The van der Waals surface area contributed by atoms with Gasteiger partial charge in [-0.3, -0.25) is 9.59 Å². The molecule has 0 radical (unpaired) electrons. The second-order valence-electron chi connectivity index (χ2n) is 9.47. The number of ether oxygens (including phenoxy) is 1. The minimum atomic E-state index is -3.87. The van der Waals surface area contributed by atoms with Gasteiger partial charge in [-0.2, -0.15) is 4.31 Å². The first kappa shape index (κ1) is 27.7. The fourth-order valence-electron chi connectivity index (χ4n) is 4.38. The Hall–Kier alpha value is -2.91. The van der Waals surface area contributed by atoms with Crippen LogP contribution in [0.4, 0.5) is 0 Å². The van der Waals surface area contributed by atoms with E-state index in [0.29, 0.717) is 5.75 Å². The zero-order valence-electron chi connectivity index (χ0n) is 21.6. The van der Waals surface area contributed by atoms with E-state index in [-0.39, 0.29) is 29.9 Å². The largest absolute Gasteiger partial charge is 0.497 e. The molecule has 0 bridgehead atoms. The summed E-state index contributed by atoms with van der Waals surface area (Å²) in [7, 11) is -0.930. The topological polar surface area (TPSA) is 96.0 Å². The van der Waals surface area contributed by atoms with Gasteiger partial charge in [-0.1, -0.05) is 49.1 Å². The number of hydrogen-bond acceptors (Lipinski definition) is 5. The van der Waals surface area contributed by atoms with E-state index in [1.54, 1.807) is 38.3 Å². The van der Waals surface area contributed by atoms with Crippen molar-refractivity contribution in [1.29, 1.82) is 0 Å². The van der Waals surface area contributed by atoms with E-state index in [1.807, 2.05) is 19.1 Å². The molecule has 2 amide bonds. The zero-order chi connectivity index (χ0) is 26.3. The van der Waals surface area contributed by atoms with Crippen molar-refractivity contribution in [3.05, 3.63) is 59.7 Å². The third kappa shape index (κ3) is 7.07. The number of hydrogen-bond donors (Lipinski definition) is 1. The Morgan fingerprint density at radius 3 is 2.39 bits per heavy atom. The highest BCUT2D eigenvalue weighted by Gasteiger charge is 2.31. The van der Waals surface area contributed by atoms with Crippen LogP contribution in [-0.4, -0.2) is 62.2 Å². The molecule has 0 heterocycles. The Bertz CT molecular complexity index is 1140. The molecule has 1 atom stereocenters. The molecule has 3 rings (SSSR count). The molecule has 36 heavy (non-hydrogen) atoms. The van der Waals surface area contributed by atoms with E-state index in [9.17, 15) is 18.0 Å². The number of carbonyl (C=O) groups is 2. The lowest BCUT2D eigenvalue weighted by Gasteiger charge is -2.32. The second kappa shape index (κ2) is 12.4. The molecule has 8 nitrogen and oxygen atoms in total. The molecule has 9 heteroatoms. The molecule has 2 aromatic rings. The molecular weight excluding hydrogens is 478 g/mol. The van der Waals surface area contributed by atoms with Crippen LogP contribution in [0.15, 0.2) is 53.4 Å². The quantitative estimate of drug-likeness (QED) is 0.523. The number of benzene rings is 2. The zero-order valence-corrected chi connectivity index (χ0v) is 22.4. The van der Waals surface area contributed by atoms with Crippen LogP contribution in [0.3, 0.4) is 0 Å². The molecule has 0 aromatic heterocycles.